The largest absolute Gasteiger partial charge is 1.00 e. The number of benzene rings is 2. The lowest BCUT2D eigenvalue weighted by molar-refractivity contribution is -0.870. The summed E-state index contributed by atoms with van der Waals surface area (Å²) in [4.78, 5) is 2.38. The van der Waals surface area contributed by atoms with Crippen molar-refractivity contribution in [2.75, 3.05) is 39.1 Å². The Kier molecular flexibility index (Phi) is 11.0. The minimum absolute atomic E-state index is 0. The van der Waals surface area contributed by atoms with Gasteiger partial charge in [-0.2, -0.15) is 4.57 Å². The lowest BCUT2D eigenvalue weighted by Gasteiger charge is -2.29. The molecule has 0 saturated carbocycles. The van der Waals surface area contributed by atoms with Crippen LogP contribution in [-0.4, -0.2) is 38.7 Å². The van der Waals surface area contributed by atoms with E-state index >= 15 is 0 Å². The second kappa shape index (κ2) is 13.0. The molecule has 1 aromatic heterocycles. The summed E-state index contributed by atoms with van der Waals surface area (Å²) in [5, 5.41) is 1.25. The normalized spacial score (nSPS) is 14.6. The Morgan fingerprint density at radius 1 is 0.941 bits per heavy atom. The highest BCUT2D eigenvalue weighted by atomic mass is 127. The van der Waals surface area contributed by atoms with Gasteiger partial charge in [-0.1, -0.05) is 66.0 Å². The molecule has 1 aliphatic heterocycles. The zero-order valence-corrected chi connectivity index (χ0v) is 25.4. The number of nitrogens with zero attached hydrogens (tertiary/aromatic N) is 3. The fourth-order valence-corrected chi connectivity index (χ4v) is 5.06. The van der Waals surface area contributed by atoms with E-state index in [-0.39, 0.29) is 48.0 Å². The van der Waals surface area contributed by atoms with E-state index in [0.717, 1.165) is 11.0 Å². The molecule has 0 radical (unpaired) electrons. The van der Waals surface area contributed by atoms with Gasteiger partial charge in [0.25, 0.3) is 5.01 Å². The zero-order chi connectivity index (χ0) is 22.6. The van der Waals surface area contributed by atoms with Gasteiger partial charge < -0.3 is 57.3 Å². The van der Waals surface area contributed by atoms with Gasteiger partial charge in [-0.3, -0.25) is 0 Å². The average molecular weight is 697 g/mol. The molecule has 0 atom stereocenters. The average Bonchev–Trinajstić information content (AvgIpc) is 3.09. The smallest absolute Gasteiger partial charge is 0.262 e. The minimum atomic E-state index is 0. The maximum Gasteiger partial charge on any atom is 0.262 e. The third-order valence-electron chi connectivity index (χ3n) is 5.69. The lowest BCUT2D eigenvalue weighted by atomic mass is 9.99. The van der Waals surface area contributed by atoms with Crippen LogP contribution in [-0.2, 0) is 7.05 Å². The molecule has 34 heavy (non-hydrogen) atoms. The first kappa shape index (κ1) is 28.7. The highest BCUT2D eigenvalue weighted by molar-refractivity contribution is 7.18. The van der Waals surface area contributed by atoms with Crippen LogP contribution in [0.2, 0.25) is 0 Å². The van der Waals surface area contributed by atoms with Crippen LogP contribution in [0.1, 0.15) is 17.0 Å². The summed E-state index contributed by atoms with van der Waals surface area (Å²) in [5.74, 6) is 0. The molecular formula is C28H33I2N3S. The molecule has 1 aliphatic rings. The SMILES string of the molecule is C[n+]1c(C=CC=CC=C2C=CN(CCC[N+](C)(C)C)c3ccccc32)sc2ccccc21.[I-].[I-]. The molecule has 0 amide bonds. The van der Waals surface area contributed by atoms with E-state index in [1.807, 2.05) is 11.3 Å². The van der Waals surface area contributed by atoms with E-state index in [1.54, 1.807) is 0 Å². The molecular weight excluding hydrogens is 664 g/mol. The van der Waals surface area contributed by atoms with Crippen LogP contribution in [0, 0.1) is 0 Å². The number of aryl methyl sites for hydroxylation is 1. The van der Waals surface area contributed by atoms with Crippen molar-refractivity contribution >= 4 is 38.9 Å². The van der Waals surface area contributed by atoms with E-state index in [1.165, 1.54) is 45.0 Å². The van der Waals surface area contributed by atoms with Crippen molar-refractivity contribution in [1.82, 2.24) is 0 Å². The molecule has 0 N–H and O–H groups in total. The molecule has 0 spiro atoms. The van der Waals surface area contributed by atoms with E-state index < -0.39 is 0 Å². The van der Waals surface area contributed by atoms with Crippen LogP contribution in [0.3, 0.4) is 0 Å². The van der Waals surface area contributed by atoms with Crippen molar-refractivity contribution in [3.8, 4) is 0 Å². The second-order valence-electron chi connectivity index (χ2n) is 9.23. The van der Waals surface area contributed by atoms with Crippen LogP contribution in [0.15, 0.2) is 85.1 Å². The highest BCUT2D eigenvalue weighted by Crippen LogP contribution is 2.32. The van der Waals surface area contributed by atoms with Gasteiger partial charge in [-0.15, -0.1) is 0 Å². The Balaban J connectivity index is 0.00000204. The molecule has 2 heterocycles. The van der Waals surface area contributed by atoms with Gasteiger partial charge >= 0.3 is 0 Å². The number of fused-ring (bicyclic) bond motifs is 2. The summed E-state index contributed by atoms with van der Waals surface area (Å²) in [6, 6.07) is 17.2. The molecule has 6 heteroatoms. The topological polar surface area (TPSA) is 7.12 Å². The number of para-hydroxylation sites is 2. The fourth-order valence-electron chi connectivity index (χ4n) is 3.99. The maximum absolute atomic E-state index is 2.38. The van der Waals surface area contributed by atoms with E-state index in [0.29, 0.717) is 0 Å². The number of rotatable bonds is 7. The quantitative estimate of drug-likeness (QED) is 0.144. The zero-order valence-electron chi connectivity index (χ0n) is 20.3. The van der Waals surface area contributed by atoms with Gasteiger partial charge in [0.05, 0.1) is 27.7 Å². The van der Waals surface area contributed by atoms with Gasteiger partial charge in [-0.25, -0.2) is 0 Å². The monoisotopic (exact) mass is 697 g/mol. The minimum Gasteiger partial charge on any atom is -1.00 e. The molecule has 3 aromatic rings. The van der Waals surface area contributed by atoms with Gasteiger partial charge in [0.2, 0.25) is 5.52 Å². The summed E-state index contributed by atoms with van der Waals surface area (Å²) >= 11 is 1.82. The predicted octanol–water partition coefficient (Wildman–Crippen LogP) is -0.183. The molecule has 0 aliphatic carbocycles. The van der Waals surface area contributed by atoms with Gasteiger partial charge in [0.15, 0.2) is 0 Å². The summed E-state index contributed by atoms with van der Waals surface area (Å²) < 4.78 is 4.56. The van der Waals surface area contributed by atoms with Crippen LogP contribution >= 0.6 is 11.3 Å². The van der Waals surface area contributed by atoms with Gasteiger partial charge in [0.1, 0.15) is 11.7 Å². The van der Waals surface area contributed by atoms with Crippen LogP contribution in [0.4, 0.5) is 5.69 Å². The van der Waals surface area contributed by atoms with Crippen LogP contribution < -0.4 is 57.4 Å². The first-order chi connectivity index (χ1) is 15.4. The number of hydrogen-bond donors (Lipinski definition) is 0. The standard InChI is InChI=1S/C28H33N3S.2HI/c1-29-26-16-10-11-17-27(26)32-28(29)18-7-5-6-13-23-19-21-30(20-12-22-31(2,3)4)25-15-9-8-14-24(23)25;;/h5-11,13-19,21H,12,20,22H2,1-4H3;2*1H/q+2;;/p-2. The first-order valence-electron chi connectivity index (χ1n) is 11.2. The number of halogens is 2. The first-order valence-corrected chi connectivity index (χ1v) is 12.0. The van der Waals surface area contributed by atoms with Crippen molar-refractivity contribution in [2.24, 2.45) is 7.05 Å². The summed E-state index contributed by atoms with van der Waals surface area (Å²) in [6.07, 6.45) is 16.4. The van der Waals surface area contributed by atoms with E-state index in [2.05, 4.69) is 129 Å². The number of quaternary nitrogens is 1. The van der Waals surface area contributed by atoms with Crippen molar-refractivity contribution < 1.29 is 57.0 Å². The number of allylic oxidation sites excluding steroid dienone is 6. The van der Waals surface area contributed by atoms with Crippen molar-refractivity contribution in [3.63, 3.8) is 0 Å². The number of hydrogen-bond acceptors (Lipinski definition) is 2. The van der Waals surface area contributed by atoms with Crippen molar-refractivity contribution in [2.45, 2.75) is 6.42 Å². The summed E-state index contributed by atoms with van der Waals surface area (Å²) in [6.45, 7) is 2.21. The predicted molar refractivity (Wildman–Crippen MR) is 140 cm³/mol. The highest BCUT2D eigenvalue weighted by Gasteiger charge is 2.16. The lowest BCUT2D eigenvalue weighted by Crippen LogP contribution is -3.00. The van der Waals surface area contributed by atoms with Crippen LogP contribution in [0.25, 0.3) is 21.9 Å². The molecule has 0 saturated heterocycles. The Hall–Kier alpha value is -1.49. The van der Waals surface area contributed by atoms with Crippen molar-refractivity contribution in [1.29, 1.82) is 0 Å². The van der Waals surface area contributed by atoms with E-state index in [9.17, 15) is 0 Å². The number of aromatic nitrogens is 1. The Morgan fingerprint density at radius 3 is 2.44 bits per heavy atom. The fraction of sp³-hybridized carbons (Fsp3) is 0.250. The number of anilines is 1. The third kappa shape index (κ3) is 7.26. The Labute approximate surface area is 242 Å². The molecule has 0 bridgehead atoms. The maximum atomic E-state index is 2.38. The van der Waals surface area contributed by atoms with Gasteiger partial charge in [0, 0.05) is 42.6 Å². The van der Waals surface area contributed by atoms with E-state index in [4.69, 9.17) is 0 Å². The molecule has 0 fully saturated rings. The van der Waals surface area contributed by atoms with Gasteiger partial charge in [-0.05, 0) is 23.8 Å². The number of thiazole rings is 1. The molecule has 4 rings (SSSR count). The molecule has 3 nitrogen and oxygen atoms in total. The summed E-state index contributed by atoms with van der Waals surface area (Å²) in [5.41, 5.74) is 5.12. The van der Waals surface area contributed by atoms with Crippen molar-refractivity contribution in [3.05, 3.63) is 95.7 Å². The molecule has 0 unspecified atom stereocenters. The Morgan fingerprint density at radius 2 is 1.68 bits per heavy atom. The molecule has 180 valence electrons. The Bertz CT molecular complexity index is 1220. The molecule has 2 aromatic carbocycles. The summed E-state index contributed by atoms with van der Waals surface area (Å²) in [7, 11) is 8.88. The van der Waals surface area contributed by atoms with Crippen LogP contribution in [0.5, 0.6) is 0 Å². The third-order valence-corrected chi connectivity index (χ3v) is 6.88. The second-order valence-corrected chi connectivity index (χ2v) is 10.3.